The molecule has 2 nitrogen and oxygen atoms in total. The summed E-state index contributed by atoms with van der Waals surface area (Å²) in [6.45, 7) is 10.5. The molecule has 1 rings (SSSR count). The van der Waals surface area contributed by atoms with E-state index in [9.17, 15) is 0 Å². The largest absolute Gasteiger partial charge is 0.291 e. The lowest BCUT2D eigenvalue weighted by atomic mass is 9.95. The second-order valence-electron chi connectivity index (χ2n) is 3.98. The van der Waals surface area contributed by atoms with E-state index in [0.717, 1.165) is 18.6 Å². The standard InChI is InChI=1S/C10H22N2/c1-5-10-7-12(6-2)8-11(4)9(10)3/h9-10H,5-8H2,1-4H3. The van der Waals surface area contributed by atoms with Crippen molar-refractivity contribution in [1.29, 1.82) is 0 Å². The van der Waals surface area contributed by atoms with Crippen molar-refractivity contribution in [1.82, 2.24) is 9.80 Å². The van der Waals surface area contributed by atoms with E-state index < -0.39 is 0 Å². The van der Waals surface area contributed by atoms with Crippen LogP contribution in [0.3, 0.4) is 0 Å². The first-order valence-corrected chi connectivity index (χ1v) is 5.11. The van der Waals surface area contributed by atoms with Gasteiger partial charge in [-0.1, -0.05) is 20.3 Å². The van der Waals surface area contributed by atoms with Gasteiger partial charge in [-0.05, 0) is 26.4 Å². The summed E-state index contributed by atoms with van der Waals surface area (Å²) in [6.07, 6.45) is 1.31. The average molecular weight is 170 g/mol. The summed E-state index contributed by atoms with van der Waals surface area (Å²) in [5.74, 6) is 0.865. The van der Waals surface area contributed by atoms with Gasteiger partial charge in [0.15, 0.2) is 0 Å². The van der Waals surface area contributed by atoms with Gasteiger partial charge in [-0.15, -0.1) is 0 Å². The van der Waals surface area contributed by atoms with Crippen LogP contribution in [-0.2, 0) is 0 Å². The van der Waals surface area contributed by atoms with Crippen molar-refractivity contribution in [2.75, 3.05) is 26.8 Å². The Morgan fingerprint density at radius 1 is 1.33 bits per heavy atom. The van der Waals surface area contributed by atoms with Crippen molar-refractivity contribution in [3.63, 3.8) is 0 Å². The topological polar surface area (TPSA) is 6.48 Å². The van der Waals surface area contributed by atoms with Gasteiger partial charge in [-0.25, -0.2) is 0 Å². The van der Waals surface area contributed by atoms with Crippen molar-refractivity contribution in [2.45, 2.75) is 33.2 Å². The van der Waals surface area contributed by atoms with Gasteiger partial charge < -0.3 is 0 Å². The predicted molar refractivity (Wildman–Crippen MR) is 53.1 cm³/mol. The fraction of sp³-hybridized carbons (Fsp3) is 1.00. The summed E-state index contributed by atoms with van der Waals surface area (Å²) in [5.41, 5.74) is 0. The minimum absolute atomic E-state index is 0.762. The summed E-state index contributed by atoms with van der Waals surface area (Å²) in [5, 5.41) is 0. The van der Waals surface area contributed by atoms with E-state index in [1.807, 2.05) is 0 Å². The van der Waals surface area contributed by atoms with Crippen LogP contribution in [0.25, 0.3) is 0 Å². The second-order valence-corrected chi connectivity index (χ2v) is 3.98. The Morgan fingerprint density at radius 3 is 2.50 bits per heavy atom. The van der Waals surface area contributed by atoms with Gasteiger partial charge in [0.05, 0.1) is 6.67 Å². The molecule has 72 valence electrons. The van der Waals surface area contributed by atoms with Crippen LogP contribution in [0.1, 0.15) is 27.2 Å². The van der Waals surface area contributed by atoms with Gasteiger partial charge in [-0.2, -0.15) is 0 Å². The van der Waals surface area contributed by atoms with E-state index in [1.165, 1.54) is 19.5 Å². The lowest BCUT2D eigenvalue weighted by Gasteiger charge is -2.42. The second kappa shape index (κ2) is 4.24. The van der Waals surface area contributed by atoms with Crippen LogP contribution in [0, 0.1) is 5.92 Å². The van der Waals surface area contributed by atoms with Crippen LogP contribution in [0.5, 0.6) is 0 Å². The molecular formula is C10H22N2. The molecule has 0 N–H and O–H groups in total. The lowest BCUT2D eigenvalue weighted by Crippen LogP contribution is -2.52. The Labute approximate surface area is 76.5 Å². The normalized spacial score (nSPS) is 34.0. The molecule has 0 spiro atoms. The molecule has 1 heterocycles. The number of hydrogen-bond acceptors (Lipinski definition) is 2. The zero-order valence-electron chi connectivity index (χ0n) is 8.88. The van der Waals surface area contributed by atoms with E-state index in [0.29, 0.717) is 0 Å². The zero-order valence-corrected chi connectivity index (χ0v) is 8.88. The first kappa shape index (κ1) is 10.0. The van der Waals surface area contributed by atoms with E-state index in [2.05, 4.69) is 37.6 Å². The zero-order chi connectivity index (χ0) is 9.14. The number of rotatable bonds is 2. The highest BCUT2D eigenvalue weighted by atomic mass is 15.3. The molecular weight excluding hydrogens is 148 g/mol. The van der Waals surface area contributed by atoms with Crippen LogP contribution in [0.15, 0.2) is 0 Å². The Hall–Kier alpha value is -0.0800. The molecule has 0 amide bonds. The molecule has 2 heteroatoms. The molecule has 0 aliphatic carbocycles. The van der Waals surface area contributed by atoms with Crippen LogP contribution in [-0.4, -0.2) is 42.6 Å². The molecule has 0 saturated carbocycles. The molecule has 12 heavy (non-hydrogen) atoms. The summed E-state index contributed by atoms with van der Waals surface area (Å²) in [6, 6.07) is 0.762. The monoisotopic (exact) mass is 170 g/mol. The van der Waals surface area contributed by atoms with E-state index in [4.69, 9.17) is 0 Å². The first-order valence-electron chi connectivity index (χ1n) is 5.11. The predicted octanol–water partition coefficient (Wildman–Crippen LogP) is 1.63. The van der Waals surface area contributed by atoms with Gasteiger partial charge in [0.2, 0.25) is 0 Å². The number of hydrogen-bond donors (Lipinski definition) is 0. The van der Waals surface area contributed by atoms with Gasteiger partial charge in [-0.3, -0.25) is 9.80 Å². The Bertz CT molecular complexity index is 136. The summed E-state index contributed by atoms with van der Waals surface area (Å²) < 4.78 is 0. The van der Waals surface area contributed by atoms with E-state index in [1.54, 1.807) is 0 Å². The van der Waals surface area contributed by atoms with Crippen molar-refractivity contribution in [2.24, 2.45) is 5.92 Å². The number of nitrogens with zero attached hydrogens (tertiary/aromatic N) is 2. The molecule has 2 atom stereocenters. The van der Waals surface area contributed by atoms with Crippen molar-refractivity contribution >= 4 is 0 Å². The Morgan fingerprint density at radius 2 is 2.00 bits per heavy atom. The highest BCUT2D eigenvalue weighted by Crippen LogP contribution is 2.20. The fourth-order valence-electron chi connectivity index (χ4n) is 2.05. The molecule has 1 aliphatic rings. The minimum atomic E-state index is 0.762. The van der Waals surface area contributed by atoms with Crippen LogP contribution < -0.4 is 0 Å². The van der Waals surface area contributed by atoms with Crippen LogP contribution in [0.2, 0.25) is 0 Å². The molecule has 0 radical (unpaired) electrons. The molecule has 1 fully saturated rings. The van der Waals surface area contributed by atoms with Crippen molar-refractivity contribution in [3.8, 4) is 0 Å². The lowest BCUT2D eigenvalue weighted by molar-refractivity contribution is 0.0247. The third-order valence-electron chi connectivity index (χ3n) is 3.26. The first-order chi connectivity index (χ1) is 5.69. The quantitative estimate of drug-likeness (QED) is 0.621. The molecule has 0 bridgehead atoms. The SMILES string of the molecule is CCC1CN(CC)CN(C)C1C. The highest BCUT2D eigenvalue weighted by molar-refractivity contribution is 4.80. The third kappa shape index (κ3) is 1.99. The molecule has 0 aromatic carbocycles. The van der Waals surface area contributed by atoms with Gasteiger partial charge >= 0.3 is 0 Å². The Kier molecular flexibility index (Phi) is 3.53. The minimum Gasteiger partial charge on any atom is -0.291 e. The summed E-state index contributed by atoms with van der Waals surface area (Å²) in [7, 11) is 2.23. The fourth-order valence-corrected chi connectivity index (χ4v) is 2.05. The van der Waals surface area contributed by atoms with E-state index >= 15 is 0 Å². The molecule has 0 aromatic heterocycles. The molecule has 1 saturated heterocycles. The maximum atomic E-state index is 2.52. The van der Waals surface area contributed by atoms with Gasteiger partial charge in [0, 0.05) is 12.6 Å². The van der Waals surface area contributed by atoms with Gasteiger partial charge in [0.1, 0.15) is 0 Å². The summed E-state index contributed by atoms with van der Waals surface area (Å²) >= 11 is 0. The van der Waals surface area contributed by atoms with Crippen LogP contribution in [0.4, 0.5) is 0 Å². The third-order valence-corrected chi connectivity index (χ3v) is 3.26. The Balaban J connectivity index is 2.52. The molecule has 1 aliphatic heterocycles. The highest BCUT2D eigenvalue weighted by Gasteiger charge is 2.27. The van der Waals surface area contributed by atoms with Crippen molar-refractivity contribution in [3.05, 3.63) is 0 Å². The summed E-state index contributed by atoms with van der Waals surface area (Å²) in [4.78, 5) is 4.98. The van der Waals surface area contributed by atoms with Crippen molar-refractivity contribution < 1.29 is 0 Å². The molecule has 2 unspecified atom stereocenters. The molecule has 0 aromatic rings. The van der Waals surface area contributed by atoms with Crippen LogP contribution >= 0.6 is 0 Å². The van der Waals surface area contributed by atoms with Gasteiger partial charge in [0.25, 0.3) is 0 Å². The van der Waals surface area contributed by atoms with E-state index in [-0.39, 0.29) is 0 Å². The smallest absolute Gasteiger partial charge is 0.0506 e. The maximum Gasteiger partial charge on any atom is 0.0506 e. The average Bonchev–Trinajstić information content (AvgIpc) is 2.09. The maximum absolute atomic E-state index is 2.52.